The van der Waals surface area contributed by atoms with Crippen LogP contribution in [-0.2, 0) is 9.84 Å². The molecule has 0 fully saturated rings. The SMILES string of the molecule is Cc1ccc(S(=O)(=O)C(CNC(=O)Nc2cccc(Cl)c2)c2cccnc2)cc1. The van der Waals surface area contributed by atoms with E-state index in [0.29, 0.717) is 16.3 Å². The molecule has 29 heavy (non-hydrogen) atoms. The molecule has 0 aliphatic heterocycles. The van der Waals surface area contributed by atoms with Gasteiger partial charge in [0.2, 0.25) is 0 Å². The first-order valence-corrected chi connectivity index (χ1v) is 10.8. The normalized spacial score (nSPS) is 12.2. The third kappa shape index (κ3) is 5.34. The molecule has 3 rings (SSSR count). The Hall–Kier alpha value is -2.90. The van der Waals surface area contributed by atoms with Crippen LogP contribution in [0, 0.1) is 6.92 Å². The molecule has 150 valence electrons. The first kappa shape index (κ1) is 20.8. The van der Waals surface area contributed by atoms with Crippen LogP contribution in [0.4, 0.5) is 10.5 Å². The number of hydrogen-bond acceptors (Lipinski definition) is 4. The van der Waals surface area contributed by atoms with E-state index < -0.39 is 21.1 Å². The Morgan fingerprint density at radius 2 is 1.86 bits per heavy atom. The zero-order valence-corrected chi connectivity index (χ0v) is 17.2. The highest BCUT2D eigenvalue weighted by atomic mass is 35.5. The summed E-state index contributed by atoms with van der Waals surface area (Å²) < 4.78 is 26.5. The summed E-state index contributed by atoms with van der Waals surface area (Å²) in [5.74, 6) is 0. The molecular weight excluding hydrogens is 410 g/mol. The number of carbonyl (C=O) groups excluding carboxylic acids is 1. The third-order valence-electron chi connectivity index (χ3n) is 4.31. The summed E-state index contributed by atoms with van der Waals surface area (Å²) in [6, 6.07) is 16.1. The van der Waals surface area contributed by atoms with Crippen LogP contribution in [-0.4, -0.2) is 26.0 Å². The number of nitrogens with one attached hydrogen (secondary N) is 2. The Balaban J connectivity index is 1.81. The smallest absolute Gasteiger partial charge is 0.319 e. The van der Waals surface area contributed by atoms with E-state index in [1.807, 2.05) is 6.92 Å². The Kier molecular flexibility index (Phi) is 6.51. The fraction of sp³-hybridized carbons (Fsp3) is 0.143. The van der Waals surface area contributed by atoms with Gasteiger partial charge in [0.1, 0.15) is 5.25 Å². The Morgan fingerprint density at radius 3 is 2.52 bits per heavy atom. The second kappa shape index (κ2) is 9.07. The number of hydrogen-bond donors (Lipinski definition) is 2. The second-order valence-corrected chi connectivity index (χ2v) is 9.05. The van der Waals surface area contributed by atoms with Gasteiger partial charge >= 0.3 is 6.03 Å². The minimum absolute atomic E-state index is 0.117. The van der Waals surface area contributed by atoms with E-state index in [1.165, 1.54) is 6.20 Å². The number of nitrogens with zero attached hydrogens (tertiary/aromatic N) is 1. The highest BCUT2D eigenvalue weighted by Gasteiger charge is 2.29. The number of amides is 2. The summed E-state index contributed by atoms with van der Waals surface area (Å²) in [6.45, 7) is 1.77. The first-order valence-electron chi connectivity index (χ1n) is 8.87. The van der Waals surface area contributed by atoms with E-state index in [9.17, 15) is 13.2 Å². The van der Waals surface area contributed by atoms with Crippen LogP contribution in [0.3, 0.4) is 0 Å². The van der Waals surface area contributed by atoms with Crippen LogP contribution in [0.5, 0.6) is 0 Å². The summed E-state index contributed by atoms with van der Waals surface area (Å²) in [4.78, 5) is 16.5. The van der Waals surface area contributed by atoms with Crippen molar-refractivity contribution in [2.45, 2.75) is 17.1 Å². The van der Waals surface area contributed by atoms with Crippen molar-refractivity contribution >= 4 is 33.2 Å². The van der Waals surface area contributed by atoms with E-state index in [0.717, 1.165) is 5.56 Å². The van der Waals surface area contributed by atoms with Crippen molar-refractivity contribution < 1.29 is 13.2 Å². The number of carbonyl (C=O) groups is 1. The van der Waals surface area contributed by atoms with Crippen molar-refractivity contribution in [3.8, 4) is 0 Å². The molecular formula is C21H20ClN3O3S. The molecule has 1 unspecified atom stereocenters. The van der Waals surface area contributed by atoms with Gasteiger partial charge in [0, 0.05) is 29.6 Å². The molecule has 0 saturated heterocycles. The molecule has 1 heterocycles. The van der Waals surface area contributed by atoms with Crippen molar-refractivity contribution in [3.05, 3.63) is 89.2 Å². The van der Waals surface area contributed by atoms with E-state index in [-0.39, 0.29) is 11.4 Å². The average molecular weight is 430 g/mol. The average Bonchev–Trinajstić information content (AvgIpc) is 2.69. The molecule has 1 atom stereocenters. The lowest BCUT2D eigenvalue weighted by Crippen LogP contribution is -2.35. The molecule has 0 saturated carbocycles. The van der Waals surface area contributed by atoms with E-state index in [1.54, 1.807) is 66.9 Å². The van der Waals surface area contributed by atoms with Crippen molar-refractivity contribution in [2.24, 2.45) is 0 Å². The molecule has 1 aromatic heterocycles. The van der Waals surface area contributed by atoms with Gasteiger partial charge in [0.15, 0.2) is 9.84 Å². The highest BCUT2D eigenvalue weighted by molar-refractivity contribution is 7.91. The summed E-state index contributed by atoms with van der Waals surface area (Å²) >= 11 is 5.92. The van der Waals surface area contributed by atoms with E-state index in [4.69, 9.17) is 11.6 Å². The number of sulfone groups is 1. The summed E-state index contributed by atoms with van der Waals surface area (Å²) in [5.41, 5.74) is 1.96. The molecule has 0 spiro atoms. The fourth-order valence-electron chi connectivity index (χ4n) is 2.79. The maximum atomic E-state index is 13.2. The van der Waals surface area contributed by atoms with Gasteiger partial charge in [-0.15, -0.1) is 0 Å². The maximum Gasteiger partial charge on any atom is 0.319 e. The molecule has 2 amide bonds. The van der Waals surface area contributed by atoms with Crippen molar-refractivity contribution in [1.82, 2.24) is 10.3 Å². The van der Waals surface area contributed by atoms with Gasteiger partial charge in [-0.05, 0) is 48.9 Å². The highest BCUT2D eigenvalue weighted by Crippen LogP contribution is 2.28. The Labute approximate surface area is 174 Å². The number of benzene rings is 2. The van der Waals surface area contributed by atoms with Gasteiger partial charge in [-0.25, -0.2) is 13.2 Å². The van der Waals surface area contributed by atoms with Crippen LogP contribution >= 0.6 is 11.6 Å². The number of rotatable bonds is 6. The van der Waals surface area contributed by atoms with Gasteiger partial charge in [0.05, 0.1) is 4.90 Å². The standard InChI is InChI=1S/C21H20ClN3O3S/c1-15-7-9-19(10-8-15)29(27,28)20(16-4-3-11-23-13-16)14-24-21(26)25-18-6-2-5-17(22)12-18/h2-13,20H,14H2,1H3,(H2,24,25,26). The van der Waals surface area contributed by atoms with Crippen LogP contribution in [0.15, 0.2) is 78.0 Å². The van der Waals surface area contributed by atoms with Crippen molar-refractivity contribution in [3.63, 3.8) is 0 Å². The number of aryl methyl sites for hydroxylation is 1. The molecule has 2 aromatic carbocycles. The van der Waals surface area contributed by atoms with Gasteiger partial charge in [-0.3, -0.25) is 4.98 Å². The van der Waals surface area contributed by atoms with Gasteiger partial charge < -0.3 is 10.6 Å². The third-order valence-corrected chi connectivity index (χ3v) is 6.66. The monoisotopic (exact) mass is 429 g/mol. The molecule has 0 aliphatic rings. The molecule has 0 bridgehead atoms. The topological polar surface area (TPSA) is 88.2 Å². The zero-order chi connectivity index (χ0) is 20.9. The molecule has 2 N–H and O–H groups in total. The summed E-state index contributed by atoms with van der Waals surface area (Å²) in [6.07, 6.45) is 3.06. The second-order valence-electron chi connectivity index (χ2n) is 6.48. The number of aromatic nitrogens is 1. The molecule has 6 nitrogen and oxygen atoms in total. The lowest BCUT2D eigenvalue weighted by Gasteiger charge is -2.19. The van der Waals surface area contributed by atoms with Crippen molar-refractivity contribution in [2.75, 3.05) is 11.9 Å². The summed E-state index contributed by atoms with van der Waals surface area (Å²) in [5, 5.41) is 4.78. The van der Waals surface area contributed by atoms with Crippen LogP contribution in [0.1, 0.15) is 16.4 Å². The molecule has 0 aliphatic carbocycles. The lowest BCUT2D eigenvalue weighted by molar-refractivity contribution is 0.252. The van der Waals surface area contributed by atoms with Gasteiger partial charge in [-0.2, -0.15) is 0 Å². The van der Waals surface area contributed by atoms with E-state index in [2.05, 4.69) is 15.6 Å². The van der Waals surface area contributed by atoms with Crippen LogP contribution < -0.4 is 10.6 Å². The quantitative estimate of drug-likeness (QED) is 0.608. The van der Waals surface area contributed by atoms with E-state index >= 15 is 0 Å². The largest absolute Gasteiger partial charge is 0.336 e. The predicted molar refractivity (Wildman–Crippen MR) is 114 cm³/mol. The molecule has 8 heteroatoms. The zero-order valence-electron chi connectivity index (χ0n) is 15.7. The number of anilines is 1. The summed E-state index contributed by atoms with van der Waals surface area (Å²) in [7, 11) is -3.75. The minimum atomic E-state index is -3.75. The number of halogens is 1. The molecule has 3 aromatic rings. The number of urea groups is 1. The fourth-order valence-corrected chi connectivity index (χ4v) is 4.63. The van der Waals surface area contributed by atoms with Crippen LogP contribution in [0.2, 0.25) is 5.02 Å². The Bertz CT molecular complexity index is 1090. The molecule has 0 radical (unpaired) electrons. The first-order chi connectivity index (χ1) is 13.9. The Morgan fingerprint density at radius 1 is 1.10 bits per heavy atom. The minimum Gasteiger partial charge on any atom is -0.336 e. The van der Waals surface area contributed by atoms with Gasteiger partial charge in [-0.1, -0.05) is 41.4 Å². The van der Waals surface area contributed by atoms with Crippen molar-refractivity contribution in [1.29, 1.82) is 0 Å². The lowest BCUT2D eigenvalue weighted by atomic mass is 10.2. The maximum absolute atomic E-state index is 13.2. The predicted octanol–water partition coefficient (Wildman–Crippen LogP) is 4.38. The van der Waals surface area contributed by atoms with Gasteiger partial charge in [0.25, 0.3) is 0 Å². The van der Waals surface area contributed by atoms with Crippen LogP contribution in [0.25, 0.3) is 0 Å². The number of pyridine rings is 1.